The third kappa shape index (κ3) is 3.53. The van der Waals surface area contributed by atoms with Crippen LogP contribution in [0.1, 0.15) is 6.92 Å². The minimum Gasteiger partial charge on any atom is -0.546 e. The van der Waals surface area contributed by atoms with Gasteiger partial charge in [0.25, 0.3) is 5.82 Å². The van der Waals surface area contributed by atoms with Gasteiger partial charge in [-0.25, -0.2) is 0 Å². The van der Waals surface area contributed by atoms with Gasteiger partial charge in [0.05, 0.1) is 17.6 Å². The summed E-state index contributed by atoms with van der Waals surface area (Å²) >= 11 is -1.74. The van der Waals surface area contributed by atoms with E-state index in [4.69, 9.17) is 4.74 Å². The monoisotopic (exact) mass is 329 g/mol. The van der Waals surface area contributed by atoms with Gasteiger partial charge in [-0.2, -0.15) is 0 Å². The Labute approximate surface area is 125 Å². The first-order chi connectivity index (χ1) is 9.82. The molecule has 1 heterocycles. The molecule has 0 bridgehead atoms. The van der Waals surface area contributed by atoms with Crippen LogP contribution in [0.25, 0.3) is 0 Å². The third-order valence-corrected chi connectivity index (χ3v) is 4.84. The van der Waals surface area contributed by atoms with E-state index >= 15 is 0 Å². The van der Waals surface area contributed by atoms with Gasteiger partial charge >= 0.3 is 5.88 Å². The molecular weight excluding hydrogens is 313 g/mol. The molecule has 1 aromatic carbocycles. The molecule has 9 heteroatoms. The van der Waals surface area contributed by atoms with Crippen molar-refractivity contribution in [2.24, 2.45) is 0 Å². The minimum atomic E-state index is -2.62. The summed E-state index contributed by atoms with van der Waals surface area (Å²) in [7, 11) is -2.62. The number of benzene rings is 1. The lowest BCUT2D eigenvalue weighted by molar-refractivity contribution is 0.331. The maximum absolute atomic E-state index is 12.1. The zero-order valence-corrected chi connectivity index (χ0v) is 13.6. The van der Waals surface area contributed by atoms with Crippen LogP contribution in [-0.4, -0.2) is 38.3 Å². The highest BCUT2D eigenvalue weighted by atomic mass is 32.2. The Hall–Kier alpha value is -1.63. The summed E-state index contributed by atoms with van der Waals surface area (Å²) in [6.07, 6.45) is 0. The third-order valence-electron chi connectivity index (χ3n) is 2.66. The molecule has 0 aliphatic heterocycles. The molecular formula is C12H16N3O4PS. The number of hydrogen-bond acceptors (Lipinski definition) is 7. The summed E-state index contributed by atoms with van der Waals surface area (Å²) in [5.74, 6) is 0.170. The summed E-state index contributed by atoms with van der Waals surface area (Å²) in [5.41, 5.74) is 0.307. The van der Waals surface area contributed by atoms with Crippen LogP contribution >= 0.6 is 18.3 Å². The van der Waals surface area contributed by atoms with Gasteiger partial charge in [0, 0.05) is 8.75 Å². The molecule has 0 aliphatic carbocycles. The molecule has 0 radical (unpaired) electrons. The average Bonchev–Trinajstić information content (AvgIpc) is 2.71. The summed E-state index contributed by atoms with van der Waals surface area (Å²) < 4.78 is 36.2. The number of nitrogens with zero attached hydrogens (tertiary/aromatic N) is 2. The number of nitrogens with one attached hydrogen (secondary N) is 1. The average molecular weight is 329 g/mol. The second-order valence-electron chi connectivity index (χ2n) is 4.65. The van der Waals surface area contributed by atoms with E-state index in [2.05, 4.69) is 14.1 Å². The van der Waals surface area contributed by atoms with Gasteiger partial charge < -0.3 is 24.3 Å². The Morgan fingerprint density at radius 1 is 1.43 bits per heavy atom. The quantitative estimate of drug-likeness (QED) is 0.492. The van der Waals surface area contributed by atoms with Crippen molar-refractivity contribution in [3.63, 3.8) is 0 Å². The molecule has 0 aliphatic rings. The summed E-state index contributed by atoms with van der Waals surface area (Å²) in [4.78, 5) is 0. The predicted molar refractivity (Wildman–Crippen MR) is 82.3 cm³/mol. The number of ether oxygens (including phenoxy) is 1. The van der Waals surface area contributed by atoms with E-state index in [1.165, 1.54) is 0 Å². The minimum absolute atomic E-state index is 0.122. The van der Waals surface area contributed by atoms with Crippen molar-refractivity contribution < 1.29 is 19.0 Å². The number of phenols is 1. The zero-order chi connectivity index (χ0) is 15.6. The Balaban J connectivity index is 2.39. The van der Waals surface area contributed by atoms with Gasteiger partial charge in [-0.1, -0.05) is 6.07 Å². The second kappa shape index (κ2) is 6.01. The molecule has 2 N–H and O–H groups in total. The first-order valence-electron chi connectivity index (χ1n) is 6.20. The van der Waals surface area contributed by atoms with E-state index < -0.39 is 18.3 Å². The summed E-state index contributed by atoms with van der Waals surface area (Å²) in [5, 5.41) is 13.4. The number of rotatable bonds is 5. The van der Waals surface area contributed by atoms with Gasteiger partial charge in [0.1, 0.15) is 12.9 Å². The van der Waals surface area contributed by atoms with Crippen molar-refractivity contribution in [2.75, 3.05) is 25.3 Å². The SMILES string of the molecule is CCOc1n[s+]([O-])nc1Nc1cccc(P(C)(C)=O)c1O. The highest BCUT2D eigenvalue weighted by Gasteiger charge is 2.22. The summed E-state index contributed by atoms with van der Waals surface area (Å²) in [6, 6.07) is 4.87. The molecule has 1 unspecified atom stereocenters. The van der Waals surface area contributed by atoms with Crippen LogP contribution in [0.15, 0.2) is 18.2 Å². The maximum atomic E-state index is 12.1. The number of anilines is 2. The van der Waals surface area contributed by atoms with Crippen LogP contribution in [0, 0.1) is 0 Å². The van der Waals surface area contributed by atoms with Crippen molar-refractivity contribution in [1.29, 1.82) is 0 Å². The second-order valence-corrected chi connectivity index (χ2v) is 8.66. The maximum Gasteiger partial charge on any atom is 0.318 e. The van der Waals surface area contributed by atoms with Gasteiger partial charge in [-0.15, -0.1) is 0 Å². The van der Waals surface area contributed by atoms with E-state index in [9.17, 15) is 14.2 Å². The van der Waals surface area contributed by atoms with E-state index in [1.54, 1.807) is 38.5 Å². The predicted octanol–water partition coefficient (Wildman–Crippen LogP) is 2.30. The van der Waals surface area contributed by atoms with Crippen molar-refractivity contribution in [3.8, 4) is 11.6 Å². The number of aromatic nitrogens is 2. The number of hydrogen-bond donors (Lipinski definition) is 2. The Morgan fingerprint density at radius 3 is 2.76 bits per heavy atom. The van der Waals surface area contributed by atoms with Crippen molar-refractivity contribution in [2.45, 2.75) is 6.92 Å². The normalized spacial score (nSPS) is 12.3. The van der Waals surface area contributed by atoms with Crippen LogP contribution in [-0.2, 0) is 4.57 Å². The number of phenolic OH excluding ortho intramolecular Hbond substituents is 1. The highest BCUT2D eigenvalue weighted by Crippen LogP contribution is 2.41. The Bertz CT molecular complexity index is 698. The van der Waals surface area contributed by atoms with Crippen molar-refractivity contribution >= 4 is 35.1 Å². The van der Waals surface area contributed by atoms with Crippen LogP contribution in [0.5, 0.6) is 11.6 Å². The molecule has 0 saturated heterocycles. The first-order valence-corrected chi connectivity index (χ1v) is 9.86. The Morgan fingerprint density at radius 2 is 2.14 bits per heavy atom. The Kier molecular flexibility index (Phi) is 4.51. The van der Waals surface area contributed by atoms with Crippen LogP contribution in [0.3, 0.4) is 0 Å². The molecule has 1 atom stereocenters. The molecule has 21 heavy (non-hydrogen) atoms. The fourth-order valence-corrected chi connectivity index (χ4v) is 3.43. The van der Waals surface area contributed by atoms with Gasteiger partial charge in [0.2, 0.25) is 0 Å². The van der Waals surface area contributed by atoms with Gasteiger partial charge in [-0.05, 0) is 32.4 Å². The van der Waals surface area contributed by atoms with E-state index in [1.807, 2.05) is 0 Å². The van der Waals surface area contributed by atoms with Crippen LogP contribution < -0.4 is 15.4 Å². The lowest BCUT2D eigenvalue weighted by Gasteiger charge is -2.13. The number of para-hydroxylation sites is 1. The lowest BCUT2D eigenvalue weighted by atomic mass is 10.3. The smallest absolute Gasteiger partial charge is 0.318 e. The molecule has 0 spiro atoms. The van der Waals surface area contributed by atoms with Crippen LogP contribution in [0.4, 0.5) is 11.5 Å². The fraction of sp³-hybridized carbons (Fsp3) is 0.333. The zero-order valence-electron chi connectivity index (χ0n) is 11.9. The fourth-order valence-electron chi connectivity index (χ4n) is 1.75. The summed E-state index contributed by atoms with van der Waals surface area (Å²) in [6.45, 7) is 5.26. The molecule has 2 rings (SSSR count). The highest BCUT2D eigenvalue weighted by molar-refractivity contribution is 7.70. The molecule has 0 fully saturated rings. The van der Waals surface area contributed by atoms with Gasteiger partial charge in [-0.3, -0.25) is 0 Å². The first kappa shape index (κ1) is 15.8. The van der Waals surface area contributed by atoms with E-state index in [-0.39, 0.29) is 17.4 Å². The lowest BCUT2D eigenvalue weighted by Crippen LogP contribution is -2.06. The molecule has 0 saturated carbocycles. The molecule has 2 aromatic rings. The largest absolute Gasteiger partial charge is 0.546 e. The van der Waals surface area contributed by atoms with Crippen molar-refractivity contribution in [1.82, 2.24) is 8.75 Å². The van der Waals surface area contributed by atoms with E-state index in [0.29, 0.717) is 17.6 Å². The van der Waals surface area contributed by atoms with E-state index in [0.717, 1.165) is 0 Å². The number of aromatic hydroxyl groups is 1. The van der Waals surface area contributed by atoms with Crippen molar-refractivity contribution in [3.05, 3.63) is 18.2 Å². The standard InChI is InChI=1S/C12H16N3O4PS/c1-4-19-12-11(14-21(18)15-12)13-8-6-5-7-9(10(8)16)20(2,3)17/h5-7,16H,4H2,1-3H3,(H,13,14). The van der Waals surface area contributed by atoms with Crippen LogP contribution in [0.2, 0.25) is 0 Å². The molecule has 7 nitrogen and oxygen atoms in total. The molecule has 1 aromatic heterocycles. The molecule has 0 amide bonds. The van der Waals surface area contributed by atoms with Gasteiger partial charge in [0.15, 0.2) is 11.1 Å². The molecule has 114 valence electrons. The topological polar surface area (TPSA) is 107 Å².